The van der Waals surface area contributed by atoms with Crippen LogP contribution in [0.4, 0.5) is 4.79 Å². The standard InChI is InChI=1S/C12H18N2O5/c1-2-9-8-14(6-3-7-19-9)12(18)13-10(15)4-5-11(16)17/h4-5,9H,2-3,6-8H2,1H3,(H,16,17)(H,13,15,18)/b5-4+. The molecule has 0 radical (unpaired) electrons. The largest absolute Gasteiger partial charge is 0.478 e. The maximum atomic E-state index is 11.8. The second-order valence-corrected chi connectivity index (χ2v) is 4.17. The number of aliphatic carboxylic acids is 1. The molecule has 0 saturated carbocycles. The summed E-state index contributed by atoms with van der Waals surface area (Å²) in [6.45, 7) is 3.50. The number of urea groups is 1. The summed E-state index contributed by atoms with van der Waals surface area (Å²) >= 11 is 0. The first-order chi connectivity index (χ1) is 9.02. The first-order valence-corrected chi connectivity index (χ1v) is 6.15. The molecule has 19 heavy (non-hydrogen) atoms. The number of nitrogens with one attached hydrogen (secondary N) is 1. The number of nitrogens with zero attached hydrogens (tertiary/aromatic N) is 1. The highest BCUT2D eigenvalue weighted by Gasteiger charge is 2.22. The average molecular weight is 270 g/mol. The van der Waals surface area contributed by atoms with Crippen LogP contribution in [0.3, 0.4) is 0 Å². The summed E-state index contributed by atoms with van der Waals surface area (Å²) in [6.07, 6.45) is 2.96. The van der Waals surface area contributed by atoms with E-state index in [-0.39, 0.29) is 6.10 Å². The van der Waals surface area contributed by atoms with Crippen LogP contribution in [-0.4, -0.2) is 53.7 Å². The number of hydrogen-bond acceptors (Lipinski definition) is 4. The molecule has 0 spiro atoms. The van der Waals surface area contributed by atoms with E-state index in [4.69, 9.17) is 9.84 Å². The van der Waals surface area contributed by atoms with Gasteiger partial charge in [0.05, 0.1) is 6.10 Å². The zero-order valence-corrected chi connectivity index (χ0v) is 10.8. The average Bonchev–Trinajstić information content (AvgIpc) is 2.61. The molecule has 1 unspecified atom stereocenters. The van der Waals surface area contributed by atoms with Crippen LogP contribution in [0.15, 0.2) is 12.2 Å². The lowest BCUT2D eigenvalue weighted by molar-refractivity contribution is -0.131. The number of imide groups is 1. The number of carbonyl (C=O) groups is 3. The van der Waals surface area contributed by atoms with Crippen LogP contribution >= 0.6 is 0 Å². The predicted molar refractivity (Wildman–Crippen MR) is 66.5 cm³/mol. The van der Waals surface area contributed by atoms with Gasteiger partial charge in [0.2, 0.25) is 0 Å². The Morgan fingerprint density at radius 3 is 2.79 bits per heavy atom. The van der Waals surface area contributed by atoms with Gasteiger partial charge >= 0.3 is 12.0 Å². The summed E-state index contributed by atoms with van der Waals surface area (Å²) < 4.78 is 5.52. The van der Waals surface area contributed by atoms with Crippen molar-refractivity contribution < 1.29 is 24.2 Å². The van der Waals surface area contributed by atoms with Gasteiger partial charge in [-0.15, -0.1) is 0 Å². The number of carboxylic acid groups (broad SMARTS) is 1. The molecule has 0 aromatic heterocycles. The Kier molecular flexibility index (Phi) is 6.01. The van der Waals surface area contributed by atoms with E-state index < -0.39 is 17.9 Å². The molecule has 1 aliphatic heterocycles. The van der Waals surface area contributed by atoms with Crippen molar-refractivity contribution in [3.05, 3.63) is 12.2 Å². The van der Waals surface area contributed by atoms with Crippen LogP contribution in [0.5, 0.6) is 0 Å². The predicted octanol–water partition coefficient (Wildman–Crippen LogP) is 0.364. The fourth-order valence-corrected chi connectivity index (χ4v) is 1.70. The number of rotatable bonds is 3. The van der Waals surface area contributed by atoms with Crippen LogP contribution in [0.2, 0.25) is 0 Å². The van der Waals surface area contributed by atoms with Gasteiger partial charge in [-0.25, -0.2) is 9.59 Å². The molecule has 7 nitrogen and oxygen atoms in total. The summed E-state index contributed by atoms with van der Waals surface area (Å²) in [5.74, 6) is -1.98. The first kappa shape index (κ1) is 15.2. The minimum atomic E-state index is -1.24. The van der Waals surface area contributed by atoms with E-state index in [9.17, 15) is 14.4 Å². The molecule has 1 atom stereocenters. The minimum absolute atomic E-state index is 0.0297. The fourth-order valence-electron chi connectivity index (χ4n) is 1.70. The van der Waals surface area contributed by atoms with Gasteiger partial charge in [0.25, 0.3) is 5.91 Å². The van der Waals surface area contributed by atoms with Crippen molar-refractivity contribution in [3.8, 4) is 0 Å². The monoisotopic (exact) mass is 270 g/mol. The van der Waals surface area contributed by atoms with Gasteiger partial charge in [-0.1, -0.05) is 6.92 Å². The highest BCUT2D eigenvalue weighted by molar-refractivity contribution is 6.02. The second-order valence-electron chi connectivity index (χ2n) is 4.17. The van der Waals surface area contributed by atoms with Gasteiger partial charge in [0.15, 0.2) is 0 Å². The molecule has 0 aromatic carbocycles. The molecular weight excluding hydrogens is 252 g/mol. The third kappa shape index (κ3) is 5.52. The van der Waals surface area contributed by atoms with E-state index >= 15 is 0 Å². The second kappa shape index (κ2) is 7.52. The molecule has 1 rings (SSSR count). The van der Waals surface area contributed by atoms with Crippen LogP contribution in [0.1, 0.15) is 19.8 Å². The molecule has 7 heteroatoms. The molecule has 0 aromatic rings. The lowest BCUT2D eigenvalue weighted by Gasteiger charge is -2.22. The topological polar surface area (TPSA) is 95.9 Å². The Hall–Kier alpha value is -1.89. The number of ether oxygens (including phenoxy) is 1. The van der Waals surface area contributed by atoms with Crippen molar-refractivity contribution in [2.75, 3.05) is 19.7 Å². The van der Waals surface area contributed by atoms with E-state index in [1.54, 1.807) is 0 Å². The molecule has 1 aliphatic rings. The zero-order chi connectivity index (χ0) is 14.3. The van der Waals surface area contributed by atoms with Crippen LogP contribution < -0.4 is 5.32 Å². The van der Waals surface area contributed by atoms with E-state index in [1.807, 2.05) is 6.92 Å². The molecular formula is C12H18N2O5. The summed E-state index contributed by atoms with van der Waals surface area (Å²) in [7, 11) is 0. The third-order valence-electron chi connectivity index (χ3n) is 2.70. The van der Waals surface area contributed by atoms with Gasteiger partial charge in [-0.2, -0.15) is 0 Å². The fraction of sp³-hybridized carbons (Fsp3) is 0.583. The van der Waals surface area contributed by atoms with E-state index in [0.717, 1.165) is 12.5 Å². The maximum absolute atomic E-state index is 11.8. The minimum Gasteiger partial charge on any atom is -0.478 e. The van der Waals surface area contributed by atoms with Gasteiger partial charge in [-0.3, -0.25) is 10.1 Å². The Morgan fingerprint density at radius 2 is 2.16 bits per heavy atom. The van der Waals surface area contributed by atoms with Gasteiger partial charge in [0.1, 0.15) is 0 Å². The molecule has 1 fully saturated rings. The molecule has 106 valence electrons. The summed E-state index contributed by atoms with van der Waals surface area (Å²) in [4.78, 5) is 34.9. The molecule has 0 bridgehead atoms. The van der Waals surface area contributed by atoms with E-state index in [2.05, 4.69) is 5.32 Å². The quantitative estimate of drug-likeness (QED) is 0.722. The normalized spacial score (nSPS) is 20.1. The highest BCUT2D eigenvalue weighted by atomic mass is 16.5. The lowest BCUT2D eigenvalue weighted by atomic mass is 10.2. The number of amides is 3. The van der Waals surface area contributed by atoms with Crippen molar-refractivity contribution in [2.45, 2.75) is 25.9 Å². The number of carbonyl (C=O) groups excluding carboxylic acids is 2. The van der Waals surface area contributed by atoms with Gasteiger partial charge in [-0.05, 0) is 12.8 Å². The Morgan fingerprint density at radius 1 is 1.42 bits per heavy atom. The summed E-state index contributed by atoms with van der Waals surface area (Å²) in [6, 6.07) is -0.524. The highest BCUT2D eigenvalue weighted by Crippen LogP contribution is 2.08. The van der Waals surface area contributed by atoms with E-state index in [0.29, 0.717) is 32.2 Å². The van der Waals surface area contributed by atoms with Gasteiger partial charge < -0.3 is 14.7 Å². The Balaban J connectivity index is 2.51. The molecule has 3 amide bonds. The summed E-state index contributed by atoms with van der Waals surface area (Å²) in [5.41, 5.74) is 0. The summed E-state index contributed by atoms with van der Waals surface area (Å²) in [5, 5.41) is 10.5. The van der Waals surface area contributed by atoms with Crippen molar-refractivity contribution in [1.29, 1.82) is 0 Å². The third-order valence-corrected chi connectivity index (χ3v) is 2.70. The van der Waals surface area contributed by atoms with Crippen molar-refractivity contribution in [3.63, 3.8) is 0 Å². The molecule has 1 heterocycles. The zero-order valence-electron chi connectivity index (χ0n) is 10.8. The molecule has 1 saturated heterocycles. The molecule has 0 aliphatic carbocycles. The smallest absolute Gasteiger partial charge is 0.328 e. The molecule has 2 N–H and O–H groups in total. The van der Waals surface area contributed by atoms with Crippen LogP contribution in [-0.2, 0) is 14.3 Å². The van der Waals surface area contributed by atoms with E-state index in [1.165, 1.54) is 4.90 Å². The van der Waals surface area contributed by atoms with Crippen molar-refractivity contribution in [2.24, 2.45) is 0 Å². The number of carboxylic acids is 1. The number of hydrogen-bond donors (Lipinski definition) is 2. The Labute approximate surface area is 111 Å². The SMILES string of the molecule is CCC1CN(C(=O)NC(=O)/C=C/C(=O)O)CCCO1. The Bertz CT molecular complexity index is 380. The van der Waals surface area contributed by atoms with Crippen LogP contribution in [0, 0.1) is 0 Å². The lowest BCUT2D eigenvalue weighted by Crippen LogP contribution is -2.45. The maximum Gasteiger partial charge on any atom is 0.328 e. The first-order valence-electron chi connectivity index (χ1n) is 6.15. The van der Waals surface area contributed by atoms with Crippen molar-refractivity contribution in [1.82, 2.24) is 10.2 Å². The van der Waals surface area contributed by atoms with Crippen molar-refractivity contribution >= 4 is 17.9 Å². The van der Waals surface area contributed by atoms with Crippen LogP contribution in [0.25, 0.3) is 0 Å². The van der Waals surface area contributed by atoms with Gasteiger partial charge in [0, 0.05) is 31.8 Å².